The Balaban J connectivity index is 4.00. The monoisotopic (exact) mass is 228 g/mol. The fraction of sp³-hybridized carbons (Fsp3) is 1.00. The van der Waals surface area contributed by atoms with Crippen LogP contribution in [0.3, 0.4) is 0 Å². The van der Waals surface area contributed by atoms with Crippen LogP contribution in [0.15, 0.2) is 0 Å². The highest BCUT2D eigenvalue weighted by Gasteiger charge is 2.15. The Morgan fingerprint density at radius 1 is 1.00 bits per heavy atom. The Hall–Kier alpha value is -0.0800. The zero-order valence-electron chi connectivity index (χ0n) is 12.1. The number of hydrogen-bond acceptors (Lipinski definition) is 2. The third-order valence-electron chi connectivity index (χ3n) is 3.55. The van der Waals surface area contributed by atoms with E-state index in [1.165, 1.54) is 38.9 Å². The Morgan fingerprint density at radius 2 is 1.62 bits per heavy atom. The molecule has 0 heterocycles. The molecule has 0 rings (SSSR count). The molecule has 0 saturated carbocycles. The molecule has 0 bridgehead atoms. The van der Waals surface area contributed by atoms with Gasteiger partial charge in [0, 0.05) is 6.04 Å². The van der Waals surface area contributed by atoms with Crippen LogP contribution < -0.4 is 5.32 Å². The molecule has 0 saturated heterocycles. The fourth-order valence-corrected chi connectivity index (χ4v) is 2.37. The lowest BCUT2D eigenvalue weighted by molar-refractivity contribution is 0.254. The van der Waals surface area contributed by atoms with Crippen LogP contribution in [0.1, 0.15) is 53.9 Å². The summed E-state index contributed by atoms with van der Waals surface area (Å²) in [7, 11) is 0. The fourth-order valence-electron chi connectivity index (χ4n) is 2.37. The van der Waals surface area contributed by atoms with Crippen molar-refractivity contribution >= 4 is 0 Å². The summed E-state index contributed by atoms with van der Waals surface area (Å²) in [6, 6.07) is 0.700. The summed E-state index contributed by atoms with van der Waals surface area (Å²) in [4.78, 5) is 2.52. The smallest absolute Gasteiger partial charge is 0.0105 e. The molecule has 2 atom stereocenters. The second-order valence-corrected chi connectivity index (χ2v) is 4.75. The quantitative estimate of drug-likeness (QED) is 0.618. The second-order valence-electron chi connectivity index (χ2n) is 4.75. The van der Waals surface area contributed by atoms with E-state index in [4.69, 9.17) is 0 Å². The summed E-state index contributed by atoms with van der Waals surface area (Å²) in [6.07, 6.45) is 3.93. The molecular formula is C14H32N2. The van der Waals surface area contributed by atoms with Crippen molar-refractivity contribution in [2.75, 3.05) is 26.2 Å². The largest absolute Gasteiger partial charge is 0.314 e. The minimum atomic E-state index is 0.700. The van der Waals surface area contributed by atoms with E-state index in [-0.39, 0.29) is 0 Å². The van der Waals surface area contributed by atoms with E-state index in [9.17, 15) is 0 Å². The molecule has 0 aliphatic heterocycles. The van der Waals surface area contributed by atoms with Crippen molar-refractivity contribution in [2.24, 2.45) is 5.92 Å². The highest BCUT2D eigenvalue weighted by molar-refractivity contribution is 4.74. The maximum atomic E-state index is 3.64. The lowest BCUT2D eigenvalue weighted by atomic mass is 9.94. The molecule has 0 aromatic heterocycles. The molecule has 2 nitrogen and oxygen atoms in total. The summed E-state index contributed by atoms with van der Waals surface area (Å²) in [5, 5.41) is 3.64. The van der Waals surface area contributed by atoms with Crippen LogP contribution in [-0.2, 0) is 0 Å². The molecule has 0 radical (unpaired) electrons. The standard InChI is InChI=1S/C14H32N2/c1-6-10-13(5)14(15-7-2)11-12-16(8-3)9-4/h13-15H,6-12H2,1-5H3. The first-order valence-electron chi connectivity index (χ1n) is 7.15. The molecule has 0 amide bonds. The normalized spacial score (nSPS) is 15.4. The molecule has 0 aromatic carbocycles. The van der Waals surface area contributed by atoms with Crippen molar-refractivity contribution in [3.8, 4) is 0 Å². The molecule has 2 unspecified atom stereocenters. The molecule has 0 aromatic rings. The van der Waals surface area contributed by atoms with Crippen LogP contribution in [0.5, 0.6) is 0 Å². The lowest BCUT2D eigenvalue weighted by Gasteiger charge is -2.27. The van der Waals surface area contributed by atoms with Crippen molar-refractivity contribution in [1.29, 1.82) is 0 Å². The summed E-state index contributed by atoms with van der Waals surface area (Å²) in [5.74, 6) is 0.806. The van der Waals surface area contributed by atoms with Gasteiger partial charge in [0.25, 0.3) is 0 Å². The van der Waals surface area contributed by atoms with E-state index in [0.29, 0.717) is 6.04 Å². The molecule has 0 aliphatic rings. The third kappa shape index (κ3) is 6.49. The van der Waals surface area contributed by atoms with Gasteiger partial charge in [0.05, 0.1) is 0 Å². The van der Waals surface area contributed by atoms with E-state index in [2.05, 4.69) is 44.8 Å². The predicted octanol–water partition coefficient (Wildman–Crippen LogP) is 3.13. The molecule has 0 spiro atoms. The Bertz CT molecular complexity index is 144. The number of rotatable bonds is 10. The van der Waals surface area contributed by atoms with Crippen molar-refractivity contribution in [2.45, 2.75) is 59.9 Å². The average molecular weight is 228 g/mol. The summed E-state index contributed by atoms with van der Waals surface area (Å²) in [6.45, 7) is 16.1. The van der Waals surface area contributed by atoms with Gasteiger partial charge in [0.15, 0.2) is 0 Å². The van der Waals surface area contributed by atoms with Gasteiger partial charge < -0.3 is 10.2 Å². The highest BCUT2D eigenvalue weighted by atomic mass is 15.1. The molecule has 0 fully saturated rings. The van der Waals surface area contributed by atoms with Gasteiger partial charge in [-0.1, -0.05) is 41.0 Å². The summed E-state index contributed by atoms with van der Waals surface area (Å²) >= 11 is 0. The van der Waals surface area contributed by atoms with Gasteiger partial charge in [0.2, 0.25) is 0 Å². The van der Waals surface area contributed by atoms with E-state index >= 15 is 0 Å². The van der Waals surface area contributed by atoms with Crippen molar-refractivity contribution in [3.63, 3.8) is 0 Å². The molecule has 0 aliphatic carbocycles. The van der Waals surface area contributed by atoms with E-state index in [1.54, 1.807) is 0 Å². The SMILES string of the molecule is CCCC(C)C(CCN(CC)CC)NCC. The molecule has 16 heavy (non-hydrogen) atoms. The maximum absolute atomic E-state index is 3.64. The second kappa shape index (κ2) is 10.1. The lowest BCUT2D eigenvalue weighted by Crippen LogP contribution is -2.38. The van der Waals surface area contributed by atoms with E-state index < -0.39 is 0 Å². The van der Waals surface area contributed by atoms with Gasteiger partial charge in [-0.15, -0.1) is 0 Å². The number of nitrogens with one attached hydrogen (secondary N) is 1. The Morgan fingerprint density at radius 3 is 2.06 bits per heavy atom. The Kier molecular flexibility index (Phi) is 10.0. The van der Waals surface area contributed by atoms with Crippen molar-refractivity contribution < 1.29 is 0 Å². The molecule has 1 N–H and O–H groups in total. The number of hydrogen-bond donors (Lipinski definition) is 1. The number of nitrogens with zero attached hydrogens (tertiary/aromatic N) is 1. The van der Waals surface area contributed by atoms with Gasteiger partial charge in [-0.25, -0.2) is 0 Å². The predicted molar refractivity (Wildman–Crippen MR) is 73.9 cm³/mol. The van der Waals surface area contributed by atoms with Crippen LogP contribution >= 0.6 is 0 Å². The first kappa shape index (κ1) is 15.9. The minimum absolute atomic E-state index is 0.700. The van der Waals surface area contributed by atoms with Crippen molar-refractivity contribution in [1.82, 2.24) is 10.2 Å². The first-order valence-corrected chi connectivity index (χ1v) is 7.15. The topological polar surface area (TPSA) is 15.3 Å². The minimum Gasteiger partial charge on any atom is -0.314 e. The van der Waals surface area contributed by atoms with Crippen molar-refractivity contribution in [3.05, 3.63) is 0 Å². The van der Waals surface area contributed by atoms with Crippen LogP contribution in [0.4, 0.5) is 0 Å². The zero-order valence-corrected chi connectivity index (χ0v) is 12.1. The summed E-state index contributed by atoms with van der Waals surface area (Å²) in [5.41, 5.74) is 0. The van der Waals surface area contributed by atoms with Crippen LogP contribution in [0, 0.1) is 5.92 Å². The maximum Gasteiger partial charge on any atom is 0.0105 e. The van der Waals surface area contributed by atoms with E-state index in [1.807, 2.05) is 0 Å². The Labute approximate surface area is 103 Å². The van der Waals surface area contributed by atoms with Crippen LogP contribution in [0.2, 0.25) is 0 Å². The van der Waals surface area contributed by atoms with Gasteiger partial charge in [-0.05, 0) is 44.9 Å². The van der Waals surface area contributed by atoms with Crippen LogP contribution in [-0.4, -0.2) is 37.1 Å². The van der Waals surface area contributed by atoms with Gasteiger partial charge >= 0.3 is 0 Å². The zero-order chi connectivity index (χ0) is 12.4. The molecule has 2 heteroatoms. The van der Waals surface area contributed by atoms with E-state index in [0.717, 1.165) is 12.5 Å². The molecular weight excluding hydrogens is 196 g/mol. The summed E-state index contributed by atoms with van der Waals surface area (Å²) < 4.78 is 0. The van der Waals surface area contributed by atoms with Gasteiger partial charge in [-0.2, -0.15) is 0 Å². The van der Waals surface area contributed by atoms with Gasteiger partial charge in [0.1, 0.15) is 0 Å². The average Bonchev–Trinajstić information content (AvgIpc) is 2.29. The van der Waals surface area contributed by atoms with Crippen LogP contribution in [0.25, 0.3) is 0 Å². The third-order valence-corrected chi connectivity index (χ3v) is 3.55. The van der Waals surface area contributed by atoms with Gasteiger partial charge in [-0.3, -0.25) is 0 Å². The molecule has 98 valence electrons. The highest BCUT2D eigenvalue weighted by Crippen LogP contribution is 2.14. The first-order chi connectivity index (χ1) is 7.69.